The monoisotopic (exact) mass is 371 g/mol. The molecule has 0 bridgehead atoms. The second-order valence-electron chi connectivity index (χ2n) is 5.35. The molecule has 0 aromatic carbocycles. The van der Waals surface area contributed by atoms with E-state index in [1.54, 1.807) is 20.8 Å². The van der Waals surface area contributed by atoms with E-state index in [1.165, 1.54) is 13.2 Å². The van der Waals surface area contributed by atoms with Crippen LogP contribution in [0.15, 0.2) is 34.4 Å². The lowest BCUT2D eigenvalue weighted by Crippen LogP contribution is -2.26. The van der Waals surface area contributed by atoms with E-state index in [0.717, 1.165) is 6.26 Å². The molecule has 0 unspecified atom stereocenters. The summed E-state index contributed by atoms with van der Waals surface area (Å²) in [5, 5.41) is 2.28. The van der Waals surface area contributed by atoms with Gasteiger partial charge in [0.1, 0.15) is 11.9 Å². The molecular formula is C14H17N3O7S. The summed E-state index contributed by atoms with van der Waals surface area (Å²) in [6, 6.07) is 0. The minimum atomic E-state index is -0.853. The minimum absolute atomic E-state index is 0.0652. The van der Waals surface area contributed by atoms with Gasteiger partial charge in [0.2, 0.25) is 5.88 Å². The number of hydrogen-bond acceptors (Lipinski definition) is 9. The summed E-state index contributed by atoms with van der Waals surface area (Å²) in [7, 11) is 1.17. The van der Waals surface area contributed by atoms with Crippen molar-refractivity contribution in [3.05, 3.63) is 45.8 Å². The molecule has 1 aliphatic heterocycles. The molecule has 0 aliphatic carbocycles. The van der Waals surface area contributed by atoms with Crippen LogP contribution in [0.5, 0.6) is 0 Å². The van der Waals surface area contributed by atoms with Crippen LogP contribution in [0.2, 0.25) is 0 Å². The van der Waals surface area contributed by atoms with Crippen LogP contribution >= 0.6 is 12.0 Å². The number of carbonyl (C=O) groups is 2. The first-order valence-corrected chi connectivity index (χ1v) is 7.45. The first-order valence-electron chi connectivity index (χ1n) is 6.71. The average Bonchev–Trinajstić information content (AvgIpc) is 2.53. The molecule has 0 fully saturated rings. The zero-order chi connectivity index (χ0) is 19.0. The highest BCUT2D eigenvalue weighted by molar-refractivity contribution is 7.98. The fraction of sp³-hybridized carbons (Fsp3) is 0.357. The van der Waals surface area contributed by atoms with Crippen molar-refractivity contribution in [3.8, 4) is 0 Å². The third-order valence-electron chi connectivity index (χ3n) is 2.37. The van der Waals surface area contributed by atoms with Crippen molar-refractivity contribution in [1.82, 2.24) is 5.32 Å². The maximum absolute atomic E-state index is 12.3. The number of allylic oxidation sites excluding steroid dienone is 2. The summed E-state index contributed by atoms with van der Waals surface area (Å²) >= 11 is 0.603. The van der Waals surface area contributed by atoms with Gasteiger partial charge in [-0.1, -0.05) is 0 Å². The maximum atomic E-state index is 12.3. The molecule has 1 rings (SSSR count). The van der Waals surface area contributed by atoms with Gasteiger partial charge in [0.15, 0.2) is 0 Å². The summed E-state index contributed by atoms with van der Waals surface area (Å²) in [6.45, 7) is 12.3. The molecule has 3 N–H and O–H groups in total. The molecule has 10 nitrogen and oxygen atoms in total. The van der Waals surface area contributed by atoms with Crippen molar-refractivity contribution in [3.63, 3.8) is 0 Å². The van der Waals surface area contributed by atoms with Gasteiger partial charge in [-0.05, 0) is 26.8 Å². The van der Waals surface area contributed by atoms with E-state index in [4.69, 9.17) is 21.9 Å². The Morgan fingerprint density at radius 3 is 2.60 bits per heavy atom. The Morgan fingerprint density at radius 1 is 1.40 bits per heavy atom. The van der Waals surface area contributed by atoms with Crippen LogP contribution in [0.4, 0.5) is 4.79 Å². The highest BCUT2D eigenvalue weighted by Crippen LogP contribution is 2.33. The molecule has 0 saturated heterocycles. The average molecular weight is 371 g/mol. The van der Waals surface area contributed by atoms with Gasteiger partial charge >= 0.3 is 12.1 Å². The van der Waals surface area contributed by atoms with E-state index in [2.05, 4.69) is 24.2 Å². The van der Waals surface area contributed by atoms with Gasteiger partial charge in [-0.25, -0.2) is 9.64 Å². The molecule has 0 aromatic heterocycles. The van der Waals surface area contributed by atoms with E-state index in [1.807, 2.05) is 0 Å². The SMILES string of the molecule is [C-]#[N+]/C(C(=O)OC(C)(C)C)=C1\C=C(NC(=O)OC)OC=C1SOON. The second kappa shape index (κ2) is 9.09. The molecule has 11 heteroatoms. The Balaban J connectivity index is 3.27. The number of ether oxygens (including phenoxy) is 3. The van der Waals surface area contributed by atoms with E-state index in [-0.39, 0.29) is 22.1 Å². The molecule has 25 heavy (non-hydrogen) atoms. The van der Waals surface area contributed by atoms with Gasteiger partial charge < -0.3 is 14.2 Å². The Bertz CT molecular complexity index is 671. The van der Waals surface area contributed by atoms with Crippen molar-refractivity contribution >= 4 is 24.1 Å². The summed E-state index contributed by atoms with van der Waals surface area (Å²) in [4.78, 5) is 31.0. The van der Waals surface area contributed by atoms with Crippen LogP contribution in [0.3, 0.4) is 0 Å². The number of amides is 1. The number of alkyl carbamates (subject to hydrolysis) is 1. The minimum Gasteiger partial charge on any atom is -0.465 e. The predicted molar refractivity (Wildman–Crippen MR) is 86.2 cm³/mol. The van der Waals surface area contributed by atoms with Crippen LogP contribution in [0.1, 0.15) is 20.8 Å². The molecular weight excluding hydrogens is 354 g/mol. The summed E-state index contributed by atoms with van der Waals surface area (Å²) in [6.07, 6.45) is 1.59. The normalized spacial score (nSPS) is 15.8. The number of nitrogens with two attached hydrogens (primary N) is 1. The van der Waals surface area contributed by atoms with E-state index in [9.17, 15) is 9.59 Å². The highest BCUT2D eigenvalue weighted by Gasteiger charge is 2.27. The molecule has 0 atom stereocenters. The van der Waals surface area contributed by atoms with E-state index < -0.39 is 17.7 Å². The Labute approximate surface area is 148 Å². The molecule has 1 aliphatic rings. The fourth-order valence-corrected chi connectivity index (χ4v) is 1.93. The smallest absolute Gasteiger partial charge is 0.413 e. The van der Waals surface area contributed by atoms with Crippen molar-refractivity contribution in [1.29, 1.82) is 0 Å². The van der Waals surface area contributed by atoms with Crippen LogP contribution in [-0.2, 0) is 28.3 Å². The third-order valence-corrected chi connectivity index (χ3v) is 3.01. The fourth-order valence-electron chi connectivity index (χ4n) is 1.48. The molecule has 136 valence electrons. The van der Waals surface area contributed by atoms with Crippen molar-refractivity contribution in [2.75, 3.05) is 7.11 Å². The quantitative estimate of drug-likeness (QED) is 0.187. The lowest BCUT2D eigenvalue weighted by atomic mass is 10.1. The van der Waals surface area contributed by atoms with Gasteiger partial charge in [0.25, 0.3) is 5.70 Å². The lowest BCUT2D eigenvalue weighted by Gasteiger charge is -2.21. The van der Waals surface area contributed by atoms with Gasteiger partial charge in [0, 0.05) is 5.57 Å². The molecule has 0 aromatic rings. The summed E-state index contributed by atoms with van der Waals surface area (Å²) < 4.78 is 19.4. The Morgan fingerprint density at radius 2 is 2.08 bits per heavy atom. The van der Waals surface area contributed by atoms with Crippen molar-refractivity contribution in [2.24, 2.45) is 5.90 Å². The van der Waals surface area contributed by atoms with Gasteiger partial charge in [-0.3, -0.25) is 10.1 Å². The first-order chi connectivity index (χ1) is 11.7. The lowest BCUT2D eigenvalue weighted by molar-refractivity contribution is -0.194. The van der Waals surface area contributed by atoms with E-state index in [0.29, 0.717) is 12.0 Å². The first kappa shape index (κ1) is 20.5. The molecule has 0 radical (unpaired) electrons. The topological polar surface area (TPSA) is 123 Å². The number of nitrogens with zero attached hydrogens (tertiary/aromatic N) is 1. The largest absolute Gasteiger partial charge is 0.465 e. The van der Waals surface area contributed by atoms with Crippen molar-refractivity contribution < 1.29 is 33.1 Å². The van der Waals surface area contributed by atoms with Crippen LogP contribution in [0.25, 0.3) is 4.85 Å². The maximum Gasteiger partial charge on any atom is 0.413 e. The zero-order valence-electron chi connectivity index (χ0n) is 13.9. The van der Waals surface area contributed by atoms with Gasteiger partial charge in [-0.2, -0.15) is 5.90 Å². The van der Waals surface area contributed by atoms with Crippen LogP contribution < -0.4 is 11.2 Å². The number of hydrogen-bond donors (Lipinski definition) is 2. The Hall–Kier alpha value is -2.52. The van der Waals surface area contributed by atoms with Gasteiger partial charge in [0.05, 0.1) is 30.6 Å². The number of nitrogens with one attached hydrogen (secondary N) is 1. The molecule has 0 saturated carbocycles. The number of rotatable bonds is 5. The molecule has 0 spiro atoms. The highest BCUT2D eigenvalue weighted by atomic mass is 32.2. The van der Waals surface area contributed by atoms with Crippen LogP contribution in [0, 0.1) is 6.57 Å². The standard InChI is InChI=1S/C14H17N3O7S/c1-14(2,3)22-12(18)11(16-4)8-6-10(17-13(19)20-5)21-7-9(8)25-24-23-15/h6-7H,15H2,1-3,5H3,(H,17,19)/b11-8+. The molecule has 1 heterocycles. The van der Waals surface area contributed by atoms with E-state index >= 15 is 0 Å². The second-order valence-corrected chi connectivity index (χ2v) is 6.09. The zero-order valence-corrected chi connectivity index (χ0v) is 14.8. The van der Waals surface area contributed by atoms with Gasteiger partial charge in [-0.15, -0.1) is 9.32 Å². The number of methoxy groups -OCH3 is 1. The summed E-state index contributed by atoms with van der Waals surface area (Å²) in [5.41, 5.74) is -1.06. The molecule has 1 amide bonds. The summed E-state index contributed by atoms with van der Waals surface area (Å²) in [5.74, 6) is 3.87. The van der Waals surface area contributed by atoms with Crippen molar-refractivity contribution in [2.45, 2.75) is 26.4 Å². The number of esters is 1. The van der Waals surface area contributed by atoms with Crippen LogP contribution in [-0.4, -0.2) is 24.8 Å². The number of carbonyl (C=O) groups excluding carboxylic acids is 2. The third kappa shape index (κ3) is 6.48. The predicted octanol–water partition coefficient (Wildman–Crippen LogP) is 2.04. The Kier molecular flexibility index (Phi) is 7.46.